The third kappa shape index (κ3) is 4.33. The van der Waals surface area contributed by atoms with Crippen LogP contribution >= 0.6 is 0 Å². The molecule has 0 saturated heterocycles. The number of rotatable bonds is 5. The van der Waals surface area contributed by atoms with Gasteiger partial charge in [-0.1, -0.05) is 12.1 Å². The highest BCUT2D eigenvalue weighted by Crippen LogP contribution is 2.15. The van der Waals surface area contributed by atoms with Crippen LogP contribution in [0.1, 0.15) is 25.0 Å². The Kier molecular flexibility index (Phi) is 4.50. The fourth-order valence-electron chi connectivity index (χ4n) is 1.42. The molecule has 0 bridgehead atoms. The van der Waals surface area contributed by atoms with Crippen molar-refractivity contribution in [2.45, 2.75) is 33.4 Å². The molecule has 0 aliphatic heterocycles. The van der Waals surface area contributed by atoms with Crippen molar-refractivity contribution in [1.29, 1.82) is 0 Å². The highest BCUT2D eigenvalue weighted by atomic mass is 32.2. The van der Waals surface area contributed by atoms with Gasteiger partial charge in [-0.2, -0.15) is 17.9 Å². The largest absolute Gasteiger partial charge is 0.399 e. The van der Waals surface area contributed by atoms with E-state index >= 15 is 0 Å². The molecule has 0 aromatic heterocycles. The second kappa shape index (κ2) is 5.48. The molecule has 0 aliphatic carbocycles. The molecule has 0 radical (unpaired) electrons. The number of nitrogens with two attached hydrogens (primary N) is 1. The van der Waals surface area contributed by atoms with Crippen molar-refractivity contribution < 1.29 is 8.42 Å². The van der Waals surface area contributed by atoms with Crippen LogP contribution in [0.3, 0.4) is 0 Å². The van der Waals surface area contributed by atoms with E-state index in [1.807, 2.05) is 19.1 Å². The predicted molar refractivity (Wildman–Crippen MR) is 69.6 cm³/mol. The lowest BCUT2D eigenvalue weighted by Crippen LogP contribution is -2.40. The van der Waals surface area contributed by atoms with Gasteiger partial charge in [0.15, 0.2) is 0 Å². The number of benzene rings is 1. The molecule has 0 unspecified atom stereocenters. The quantitative estimate of drug-likeness (QED) is 0.685. The summed E-state index contributed by atoms with van der Waals surface area (Å²) in [5, 5.41) is 0. The number of anilines is 1. The summed E-state index contributed by atoms with van der Waals surface area (Å²) in [5.41, 5.74) is 8.19. The Bertz CT molecular complexity index is 483. The van der Waals surface area contributed by atoms with Crippen LogP contribution in [-0.4, -0.2) is 14.5 Å². The SMILES string of the molecule is Cc1c(N)cccc1CNS(=O)(=O)NC(C)C. The van der Waals surface area contributed by atoms with Gasteiger partial charge in [-0.25, -0.2) is 0 Å². The lowest BCUT2D eigenvalue weighted by Gasteiger charge is -2.12. The zero-order chi connectivity index (χ0) is 13.1. The van der Waals surface area contributed by atoms with Crippen molar-refractivity contribution in [3.8, 4) is 0 Å². The van der Waals surface area contributed by atoms with Crippen molar-refractivity contribution in [2.24, 2.45) is 0 Å². The van der Waals surface area contributed by atoms with Crippen LogP contribution < -0.4 is 15.2 Å². The maximum absolute atomic E-state index is 11.6. The summed E-state index contributed by atoms with van der Waals surface area (Å²) in [7, 11) is -3.45. The van der Waals surface area contributed by atoms with Crippen LogP contribution in [0.4, 0.5) is 5.69 Å². The molecule has 0 amide bonds. The van der Waals surface area contributed by atoms with Crippen LogP contribution in [0.15, 0.2) is 18.2 Å². The lowest BCUT2D eigenvalue weighted by molar-refractivity contribution is 0.554. The fraction of sp³-hybridized carbons (Fsp3) is 0.455. The molecule has 1 aromatic carbocycles. The van der Waals surface area contributed by atoms with Crippen molar-refractivity contribution in [3.05, 3.63) is 29.3 Å². The molecule has 0 aliphatic rings. The molecule has 6 heteroatoms. The minimum atomic E-state index is -3.45. The summed E-state index contributed by atoms with van der Waals surface area (Å²) >= 11 is 0. The van der Waals surface area contributed by atoms with E-state index in [-0.39, 0.29) is 12.6 Å². The molecule has 0 heterocycles. The standard InChI is InChI=1S/C11H19N3O2S/c1-8(2)14-17(15,16)13-7-10-5-4-6-11(12)9(10)3/h4-6,8,13-14H,7,12H2,1-3H3. The fourth-order valence-corrected chi connectivity index (χ4v) is 2.47. The normalized spacial score (nSPS) is 12.0. The molecule has 0 fully saturated rings. The molecule has 1 rings (SSSR count). The van der Waals surface area contributed by atoms with Crippen LogP contribution in [-0.2, 0) is 16.8 Å². The van der Waals surface area contributed by atoms with Crippen molar-refractivity contribution in [1.82, 2.24) is 9.44 Å². The van der Waals surface area contributed by atoms with Crippen molar-refractivity contribution in [3.63, 3.8) is 0 Å². The zero-order valence-electron chi connectivity index (χ0n) is 10.3. The summed E-state index contributed by atoms with van der Waals surface area (Å²) in [5.74, 6) is 0. The number of nitrogens with one attached hydrogen (secondary N) is 2. The first-order valence-electron chi connectivity index (χ1n) is 5.42. The van der Waals surface area contributed by atoms with Gasteiger partial charge in [0, 0.05) is 18.3 Å². The average Bonchev–Trinajstić information content (AvgIpc) is 2.18. The van der Waals surface area contributed by atoms with Crippen LogP contribution in [0.25, 0.3) is 0 Å². The molecular formula is C11H19N3O2S. The first kappa shape index (κ1) is 14.0. The van der Waals surface area contributed by atoms with E-state index in [4.69, 9.17) is 5.73 Å². The third-order valence-corrected chi connectivity index (χ3v) is 3.64. The van der Waals surface area contributed by atoms with Gasteiger partial charge >= 0.3 is 0 Å². The van der Waals surface area contributed by atoms with E-state index in [0.29, 0.717) is 5.69 Å². The first-order chi connectivity index (χ1) is 7.82. The smallest absolute Gasteiger partial charge is 0.277 e. The van der Waals surface area contributed by atoms with Gasteiger partial charge in [-0.3, -0.25) is 0 Å². The molecule has 1 aromatic rings. The van der Waals surface area contributed by atoms with E-state index in [2.05, 4.69) is 9.44 Å². The van der Waals surface area contributed by atoms with Gasteiger partial charge in [0.2, 0.25) is 0 Å². The summed E-state index contributed by atoms with van der Waals surface area (Å²) in [6.07, 6.45) is 0. The van der Waals surface area contributed by atoms with Crippen LogP contribution in [0.2, 0.25) is 0 Å². The molecular weight excluding hydrogens is 238 g/mol. The Morgan fingerprint density at radius 1 is 1.35 bits per heavy atom. The van der Waals surface area contributed by atoms with Gasteiger partial charge in [-0.15, -0.1) is 0 Å². The van der Waals surface area contributed by atoms with Crippen molar-refractivity contribution >= 4 is 15.9 Å². The Labute approximate surface area is 103 Å². The van der Waals surface area contributed by atoms with Crippen LogP contribution in [0.5, 0.6) is 0 Å². The number of hydrogen-bond acceptors (Lipinski definition) is 3. The monoisotopic (exact) mass is 257 g/mol. The highest BCUT2D eigenvalue weighted by Gasteiger charge is 2.11. The second-order valence-electron chi connectivity index (χ2n) is 4.23. The molecule has 4 N–H and O–H groups in total. The Morgan fingerprint density at radius 2 is 2.00 bits per heavy atom. The topological polar surface area (TPSA) is 84.2 Å². The second-order valence-corrected chi connectivity index (χ2v) is 5.76. The van der Waals surface area contributed by atoms with Crippen LogP contribution in [0, 0.1) is 6.92 Å². The maximum atomic E-state index is 11.6. The molecule has 96 valence electrons. The first-order valence-corrected chi connectivity index (χ1v) is 6.91. The lowest BCUT2D eigenvalue weighted by atomic mass is 10.1. The van der Waals surface area contributed by atoms with E-state index in [1.54, 1.807) is 19.9 Å². The minimum Gasteiger partial charge on any atom is -0.399 e. The van der Waals surface area contributed by atoms with E-state index in [0.717, 1.165) is 11.1 Å². The third-order valence-electron chi connectivity index (χ3n) is 2.33. The average molecular weight is 257 g/mol. The predicted octanol–water partition coefficient (Wildman–Crippen LogP) is 0.910. The minimum absolute atomic E-state index is 0.130. The molecule has 0 atom stereocenters. The molecule has 5 nitrogen and oxygen atoms in total. The Balaban J connectivity index is 2.71. The van der Waals surface area contributed by atoms with Gasteiger partial charge < -0.3 is 5.73 Å². The van der Waals surface area contributed by atoms with Crippen molar-refractivity contribution in [2.75, 3.05) is 5.73 Å². The number of nitrogen functional groups attached to an aromatic ring is 1. The number of hydrogen-bond donors (Lipinski definition) is 3. The molecule has 0 saturated carbocycles. The van der Waals surface area contributed by atoms with Gasteiger partial charge in [0.25, 0.3) is 10.2 Å². The van der Waals surface area contributed by atoms with Gasteiger partial charge in [0.1, 0.15) is 0 Å². The van der Waals surface area contributed by atoms with Gasteiger partial charge in [-0.05, 0) is 38.0 Å². The highest BCUT2D eigenvalue weighted by molar-refractivity contribution is 7.87. The summed E-state index contributed by atoms with van der Waals surface area (Å²) in [4.78, 5) is 0. The summed E-state index contributed by atoms with van der Waals surface area (Å²) < 4.78 is 28.0. The molecule has 17 heavy (non-hydrogen) atoms. The molecule has 0 spiro atoms. The van der Waals surface area contributed by atoms with E-state index < -0.39 is 10.2 Å². The maximum Gasteiger partial charge on any atom is 0.277 e. The zero-order valence-corrected chi connectivity index (χ0v) is 11.1. The van der Waals surface area contributed by atoms with Gasteiger partial charge in [0.05, 0.1) is 0 Å². The Morgan fingerprint density at radius 3 is 2.59 bits per heavy atom. The summed E-state index contributed by atoms with van der Waals surface area (Å²) in [6, 6.07) is 5.32. The Hall–Kier alpha value is -1.11. The van der Waals surface area contributed by atoms with E-state index in [9.17, 15) is 8.42 Å². The van der Waals surface area contributed by atoms with E-state index in [1.165, 1.54) is 0 Å². The summed E-state index contributed by atoms with van der Waals surface area (Å²) in [6.45, 7) is 5.64.